The van der Waals surface area contributed by atoms with E-state index in [0.717, 1.165) is 29.5 Å². The zero-order valence-electron chi connectivity index (χ0n) is 9.33. The minimum atomic E-state index is 0.0754. The number of halogens is 2. The van der Waals surface area contributed by atoms with Crippen LogP contribution in [0.3, 0.4) is 0 Å². The van der Waals surface area contributed by atoms with Gasteiger partial charge in [-0.05, 0) is 53.6 Å². The van der Waals surface area contributed by atoms with Crippen LogP contribution in [0.25, 0.3) is 0 Å². The lowest BCUT2D eigenvalue weighted by atomic mass is 10.1. The number of carbonyl (C=O) groups excluding carboxylic acids is 1. The molecule has 92 valence electrons. The molecule has 2 N–H and O–H groups in total. The minimum Gasteiger partial charge on any atom is -0.339 e. The molecule has 17 heavy (non-hydrogen) atoms. The van der Waals surface area contributed by atoms with E-state index in [-0.39, 0.29) is 11.9 Å². The Hall–Kier alpha value is -0.330. The van der Waals surface area contributed by atoms with Gasteiger partial charge in [-0.15, -0.1) is 0 Å². The highest BCUT2D eigenvalue weighted by Gasteiger charge is 2.21. The minimum absolute atomic E-state index is 0.0754. The Kier molecular flexibility index (Phi) is 4.27. The maximum Gasteiger partial charge on any atom is 0.253 e. The summed E-state index contributed by atoms with van der Waals surface area (Å²) in [4.78, 5) is 14.1. The maximum atomic E-state index is 12.2. The molecule has 0 unspecified atom stereocenters. The largest absolute Gasteiger partial charge is 0.339 e. The van der Waals surface area contributed by atoms with Crippen LogP contribution in [-0.4, -0.2) is 29.9 Å². The van der Waals surface area contributed by atoms with E-state index in [4.69, 9.17) is 17.3 Å². The maximum absolute atomic E-state index is 12.2. The average molecular weight is 365 g/mol. The van der Waals surface area contributed by atoms with Gasteiger partial charge in [0, 0.05) is 28.3 Å². The number of hydrogen-bond donors (Lipinski definition) is 1. The highest BCUT2D eigenvalue weighted by molar-refractivity contribution is 14.1. The lowest BCUT2D eigenvalue weighted by Gasteiger charge is -2.30. The summed E-state index contributed by atoms with van der Waals surface area (Å²) in [6.45, 7) is 1.50. The van der Waals surface area contributed by atoms with E-state index in [2.05, 4.69) is 22.6 Å². The molecule has 1 fully saturated rings. The Morgan fingerprint density at radius 1 is 1.41 bits per heavy atom. The van der Waals surface area contributed by atoms with Crippen LogP contribution < -0.4 is 5.73 Å². The van der Waals surface area contributed by atoms with Crippen molar-refractivity contribution in [2.75, 3.05) is 13.1 Å². The first-order valence-electron chi connectivity index (χ1n) is 5.58. The van der Waals surface area contributed by atoms with Gasteiger partial charge in [-0.1, -0.05) is 11.6 Å². The van der Waals surface area contributed by atoms with Gasteiger partial charge >= 0.3 is 0 Å². The molecule has 1 aliphatic rings. The zero-order chi connectivity index (χ0) is 12.4. The quantitative estimate of drug-likeness (QED) is 0.778. The van der Waals surface area contributed by atoms with Crippen molar-refractivity contribution in [1.82, 2.24) is 4.90 Å². The molecule has 0 saturated carbocycles. The van der Waals surface area contributed by atoms with Gasteiger partial charge in [0.1, 0.15) is 0 Å². The number of carbonyl (C=O) groups is 1. The predicted molar refractivity (Wildman–Crippen MR) is 77.3 cm³/mol. The van der Waals surface area contributed by atoms with E-state index < -0.39 is 0 Å². The fourth-order valence-corrected chi connectivity index (χ4v) is 2.55. The molecule has 0 bridgehead atoms. The van der Waals surface area contributed by atoms with Crippen molar-refractivity contribution in [1.29, 1.82) is 0 Å². The number of hydrogen-bond acceptors (Lipinski definition) is 2. The number of benzene rings is 1. The summed E-state index contributed by atoms with van der Waals surface area (Å²) in [5.74, 6) is 0.0754. The van der Waals surface area contributed by atoms with Gasteiger partial charge in [-0.3, -0.25) is 4.79 Å². The summed E-state index contributed by atoms with van der Waals surface area (Å²) < 4.78 is 0.906. The van der Waals surface area contributed by atoms with Crippen molar-refractivity contribution >= 4 is 40.1 Å². The van der Waals surface area contributed by atoms with Crippen LogP contribution in [0.15, 0.2) is 18.2 Å². The van der Waals surface area contributed by atoms with E-state index in [1.807, 2.05) is 11.0 Å². The molecule has 1 saturated heterocycles. The van der Waals surface area contributed by atoms with Crippen LogP contribution >= 0.6 is 34.2 Å². The Balaban J connectivity index is 2.11. The van der Waals surface area contributed by atoms with Crippen molar-refractivity contribution in [3.63, 3.8) is 0 Å². The van der Waals surface area contributed by atoms with Crippen LogP contribution in [0.5, 0.6) is 0 Å². The third kappa shape index (κ3) is 3.11. The number of piperidine rings is 1. The van der Waals surface area contributed by atoms with Gasteiger partial charge in [-0.25, -0.2) is 0 Å². The molecule has 0 atom stereocenters. The summed E-state index contributed by atoms with van der Waals surface area (Å²) in [5, 5.41) is 0.683. The fourth-order valence-electron chi connectivity index (χ4n) is 1.91. The van der Waals surface area contributed by atoms with Gasteiger partial charge in [0.25, 0.3) is 5.91 Å². The third-order valence-corrected chi connectivity index (χ3v) is 4.53. The summed E-state index contributed by atoms with van der Waals surface area (Å²) >= 11 is 8.08. The summed E-state index contributed by atoms with van der Waals surface area (Å²) in [6.07, 6.45) is 1.77. The second kappa shape index (κ2) is 5.54. The lowest BCUT2D eigenvalue weighted by Crippen LogP contribution is -2.42. The van der Waals surface area contributed by atoms with E-state index in [1.54, 1.807) is 12.1 Å². The van der Waals surface area contributed by atoms with Crippen molar-refractivity contribution in [3.8, 4) is 0 Å². The predicted octanol–water partition coefficient (Wildman–Crippen LogP) is 2.51. The summed E-state index contributed by atoms with van der Waals surface area (Å²) in [5.41, 5.74) is 6.53. The van der Waals surface area contributed by atoms with Gasteiger partial charge < -0.3 is 10.6 Å². The molecular formula is C12H14ClIN2O. The first-order valence-corrected chi connectivity index (χ1v) is 7.03. The normalized spacial score (nSPS) is 17.2. The average Bonchev–Trinajstić information content (AvgIpc) is 2.33. The summed E-state index contributed by atoms with van der Waals surface area (Å²) in [6, 6.07) is 5.62. The van der Waals surface area contributed by atoms with E-state index in [1.165, 1.54) is 0 Å². The second-order valence-electron chi connectivity index (χ2n) is 4.26. The molecule has 1 aliphatic heterocycles. The highest BCUT2D eigenvalue weighted by atomic mass is 127. The fraction of sp³-hybridized carbons (Fsp3) is 0.417. The van der Waals surface area contributed by atoms with E-state index in [9.17, 15) is 4.79 Å². The highest BCUT2D eigenvalue weighted by Crippen LogP contribution is 2.21. The second-order valence-corrected chi connectivity index (χ2v) is 5.83. The Labute approximate surface area is 119 Å². The SMILES string of the molecule is NC1CCN(C(=O)c2ccc(Cl)c(I)c2)CC1. The number of likely N-dealkylation sites (tertiary alicyclic amines) is 1. The molecule has 1 heterocycles. The molecule has 0 spiro atoms. The van der Waals surface area contributed by atoms with Crippen molar-refractivity contribution in [2.24, 2.45) is 5.73 Å². The first-order chi connectivity index (χ1) is 8.08. The number of nitrogens with zero attached hydrogens (tertiary/aromatic N) is 1. The van der Waals surface area contributed by atoms with Crippen molar-refractivity contribution in [2.45, 2.75) is 18.9 Å². The molecule has 0 aliphatic carbocycles. The molecule has 0 aromatic heterocycles. The van der Waals surface area contributed by atoms with Crippen LogP contribution in [-0.2, 0) is 0 Å². The van der Waals surface area contributed by atoms with E-state index >= 15 is 0 Å². The molecular weight excluding hydrogens is 351 g/mol. The lowest BCUT2D eigenvalue weighted by molar-refractivity contribution is 0.0714. The molecule has 1 aromatic carbocycles. The van der Waals surface area contributed by atoms with Crippen LogP contribution in [0.4, 0.5) is 0 Å². The third-order valence-electron chi connectivity index (χ3n) is 2.99. The smallest absolute Gasteiger partial charge is 0.253 e. The molecule has 1 aromatic rings. The van der Waals surface area contributed by atoms with E-state index in [0.29, 0.717) is 10.6 Å². The van der Waals surface area contributed by atoms with Gasteiger partial charge in [0.15, 0.2) is 0 Å². The topological polar surface area (TPSA) is 46.3 Å². The Bertz CT molecular complexity index is 431. The molecule has 0 radical (unpaired) electrons. The molecule has 5 heteroatoms. The number of rotatable bonds is 1. The van der Waals surface area contributed by atoms with Gasteiger partial charge in [0.05, 0.1) is 5.02 Å². The standard InChI is InChI=1S/C12H14ClIN2O/c13-10-2-1-8(7-11(10)14)12(17)16-5-3-9(15)4-6-16/h1-2,7,9H,3-6,15H2. The van der Waals surface area contributed by atoms with Crippen LogP contribution in [0.1, 0.15) is 23.2 Å². The molecule has 3 nitrogen and oxygen atoms in total. The van der Waals surface area contributed by atoms with Crippen molar-refractivity contribution in [3.05, 3.63) is 32.4 Å². The van der Waals surface area contributed by atoms with Crippen molar-refractivity contribution < 1.29 is 4.79 Å². The van der Waals surface area contributed by atoms with Gasteiger partial charge in [0.2, 0.25) is 0 Å². The van der Waals surface area contributed by atoms with Gasteiger partial charge in [-0.2, -0.15) is 0 Å². The van der Waals surface area contributed by atoms with Crippen LogP contribution in [0, 0.1) is 3.57 Å². The molecule has 1 amide bonds. The van der Waals surface area contributed by atoms with Crippen LogP contribution in [0.2, 0.25) is 5.02 Å². The zero-order valence-corrected chi connectivity index (χ0v) is 12.2. The Morgan fingerprint density at radius 3 is 2.65 bits per heavy atom. The molecule has 2 rings (SSSR count). The summed E-state index contributed by atoms with van der Waals surface area (Å²) in [7, 11) is 0. The Morgan fingerprint density at radius 2 is 2.06 bits per heavy atom. The first kappa shape index (κ1) is 13.1. The number of amides is 1. The number of nitrogens with two attached hydrogens (primary N) is 1. The monoisotopic (exact) mass is 364 g/mol.